The predicted octanol–water partition coefficient (Wildman–Crippen LogP) is 3.58. The van der Waals surface area contributed by atoms with Crippen molar-refractivity contribution in [1.82, 2.24) is 5.32 Å². The van der Waals surface area contributed by atoms with Gasteiger partial charge >= 0.3 is 0 Å². The number of hydrogen-bond acceptors (Lipinski definition) is 2. The van der Waals surface area contributed by atoms with E-state index in [-0.39, 0.29) is 17.4 Å². The highest BCUT2D eigenvalue weighted by molar-refractivity contribution is 5.80. The van der Waals surface area contributed by atoms with Crippen LogP contribution >= 0.6 is 0 Å². The van der Waals surface area contributed by atoms with Crippen LogP contribution in [0, 0.1) is 46.7 Å². The van der Waals surface area contributed by atoms with Gasteiger partial charge in [0.2, 0.25) is 5.91 Å². The van der Waals surface area contributed by atoms with E-state index in [2.05, 4.69) is 5.32 Å². The molecule has 4 fully saturated rings. The molecule has 4 saturated carbocycles. The number of nitrogens with zero attached hydrogens (tertiary/aromatic N) is 1. The number of carbonyl (C=O) groups is 1. The molecule has 1 aromatic rings. The van der Waals surface area contributed by atoms with Crippen molar-refractivity contribution < 1.29 is 9.18 Å². The molecule has 0 heterocycles. The molecule has 23 heavy (non-hydrogen) atoms. The summed E-state index contributed by atoms with van der Waals surface area (Å²) in [5.41, 5.74) is 0.257. The Balaban J connectivity index is 1.51. The highest BCUT2D eigenvalue weighted by Crippen LogP contribution is 2.56. The average molecular weight is 312 g/mol. The molecule has 0 aliphatic heterocycles. The molecule has 0 spiro atoms. The second-order valence-electron chi connectivity index (χ2n) is 7.55. The molecule has 1 N–H and O–H groups in total. The second kappa shape index (κ2) is 5.63. The summed E-state index contributed by atoms with van der Waals surface area (Å²) in [6.07, 6.45) is 5.96. The van der Waals surface area contributed by atoms with Gasteiger partial charge in [-0.15, -0.1) is 0 Å². The smallest absolute Gasteiger partial charge is 0.224 e. The van der Waals surface area contributed by atoms with Crippen LogP contribution in [0.1, 0.15) is 43.7 Å². The van der Waals surface area contributed by atoms with E-state index in [0.29, 0.717) is 11.8 Å². The van der Waals surface area contributed by atoms with E-state index in [1.807, 2.05) is 6.07 Å². The number of amides is 1. The molecule has 1 atom stereocenters. The summed E-state index contributed by atoms with van der Waals surface area (Å²) in [4.78, 5) is 12.8. The standard InChI is InChI=1S/C19H21FN2O/c20-16-4-2-1-3-15(16)17(10-21)22-19(23)18-13-6-11-5-12(8-13)9-14(18)7-11/h1-4,11-14,17-18H,5-9H2,(H,22,23). The number of rotatable bonds is 3. The third kappa shape index (κ3) is 2.52. The number of nitrogens with one attached hydrogen (secondary N) is 1. The van der Waals surface area contributed by atoms with Crippen molar-refractivity contribution in [1.29, 1.82) is 5.26 Å². The quantitative estimate of drug-likeness (QED) is 0.927. The largest absolute Gasteiger partial charge is 0.336 e. The van der Waals surface area contributed by atoms with Gasteiger partial charge in [0.05, 0.1) is 6.07 Å². The Labute approximate surface area is 135 Å². The van der Waals surface area contributed by atoms with E-state index >= 15 is 0 Å². The molecular formula is C19H21FN2O. The molecule has 0 saturated heterocycles. The summed E-state index contributed by atoms with van der Waals surface area (Å²) in [6.45, 7) is 0. The first kappa shape index (κ1) is 14.7. The van der Waals surface area contributed by atoms with Crippen LogP contribution in [0.2, 0.25) is 0 Å². The Kier molecular flexibility index (Phi) is 3.60. The van der Waals surface area contributed by atoms with Crippen LogP contribution in [0.25, 0.3) is 0 Å². The van der Waals surface area contributed by atoms with Gasteiger partial charge in [-0.05, 0) is 61.8 Å². The molecule has 120 valence electrons. The van der Waals surface area contributed by atoms with Crippen LogP contribution in [0.15, 0.2) is 24.3 Å². The van der Waals surface area contributed by atoms with Gasteiger partial charge < -0.3 is 5.32 Å². The molecule has 1 unspecified atom stereocenters. The zero-order valence-electron chi connectivity index (χ0n) is 13.0. The summed E-state index contributed by atoms with van der Waals surface area (Å²) in [7, 11) is 0. The van der Waals surface area contributed by atoms with Crippen molar-refractivity contribution in [3.05, 3.63) is 35.6 Å². The monoisotopic (exact) mass is 312 g/mol. The number of benzene rings is 1. The van der Waals surface area contributed by atoms with Crippen LogP contribution < -0.4 is 5.32 Å². The molecule has 1 amide bonds. The molecule has 0 radical (unpaired) electrons. The van der Waals surface area contributed by atoms with E-state index in [1.165, 1.54) is 12.5 Å². The summed E-state index contributed by atoms with van der Waals surface area (Å²) in [6, 6.07) is 7.32. The topological polar surface area (TPSA) is 52.9 Å². The molecule has 4 heteroatoms. The van der Waals surface area contributed by atoms with Gasteiger partial charge in [0.15, 0.2) is 0 Å². The minimum atomic E-state index is -0.902. The Bertz CT molecular complexity index is 638. The van der Waals surface area contributed by atoms with Crippen molar-refractivity contribution in [2.24, 2.45) is 29.6 Å². The van der Waals surface area contributed by atoms with Gasteiger partial charge in [0.25, 0.3) is 0 Å². The lowest BCUT2D eigenvalue weighted by Crippen LogP contribution is -2.51. The molecule has 5 rings (SSSR count). The molecule has 1 aromatic carbocycles. The van der Waals surface area contributed by atoms with Crippen molar-refractivity contribution in [2.45, 2.75) is 38.1 Å². The lowest BCUT2D eigenvalue weighted by Gasteiger charge is -2.53. The van der Waals surface area contributed by atoms with Crippen LogP contribution in [0.4, 0.5) is 4.39 Å². The average Bonchev–Trinajstić information content (AvgIpc) is 2.52. The summed E-state index contributed by atoms with van der Waals surface area (Å²) in [5.74, 6) is 2.07. The zero-order valence-corrected chi connectivity index (χ0v) is 13.0. The van der Waals surface area contributed by atoms with Gasteiger partial charge in [-0.2, -0.15) is 5.26 Å². The van der Waals surface area contributed by atoms with Gasteiger partial charge in [-0.25, -0.2) is 4.39 Å². The third-order valence-corrected chi connectivity index (χ3v) is 6.16. The van der Waals surface area contributed by atoms with E-state index in [4.69, 9.17) is 0 Å². The maximum atomic E-state index is 13.9. The van der Waals surface area contributed by atoms with Crippen LogP contribution in [0.3, 0.4) is 0 Å². The number of hydrogen-bond donors (Lipinski definition) is 1. The van der Waals surface area contributed by atoms with Crippen LogP contribution in [-0.4, -0.2) is 5.91 Å². The van der Waals surface area contributed by atoms with E-state index in [0.717, 1.165) is 37.5 Å². The van der Waals surface area contributed by atoms with E-state index in [1.54, 1.807) is 18.2 Å². The van der Waals surface area contributed by atoms with E-state index < -0.39 is 11.9 Å². The molecular weight excluding hydrogens is 291 g/mol. The first-order valence-corrected chi connectivity index (χ1v) is 8.60. The maximum Gasteiger partial charge on any atom is 0.224 e. The summed E-state index contributed by atoms with van der Waals surface area (Å²) < 4.78 is 13.9. The highest BCUT2D eigenvalue weighted by atomic mass is 19.1. The Hall–Kier alpha value is -1.89. The second-order valence-corrected chi connectivity index (χ2v) is 7.55. The van der Waals surface area contributed by atoms with Crippen molar-refractivity contribution >= 4 is 5.91 Å². The number of nitriles is 1. The molecule has 4 aliphatic rings. The Morgan fingerprint density at radius 3 is 2.30 bits per heavy atom. The summed E-state index contributed by atoms with van der Waals surface area (Å²) in [5, 5.41) is 12.2. The molecule has 3 nitrogen and oxygen atoms in total. The van der Waals surface area contributed by atoms with Crippen LogP contribution in [0.5, 0.6) is 0 Å². The van der Waals surface area contributed by atoms with Gasteiger partial charge in [0, 0.05) is 11.5 Å². The Morgan fingerprint density at radius 2 is 1.74 bits per heavy atom. The fraction of sp³-hybridized carbons (Fsp3) is 0.579. The summed E-state index contributed by atoms with van der Waals surface area (Å²) >= 11 is 0. The van der Waals surface area contributed by atoms with Crippen LogP contribution in [-0.2, 0) is 4.79 Å². The van der Waals surface area contributed by atoms with Gasteiger partial charge in [0.1, 0.15) is 11.9 Å². The number of halogens is 1. The first-order valence-electron chi connectivity index (χ1n) is 8.60. The predicted molar refractivity (Wildman–Crippen MR) is 83.4 cm³/mol. The maximum absolute atomic E-state index is 13.9. The van der Waals surface area contributed by atoms with Crippen molar-refractivity contribution in [3.8, 4) is 6.07 Å². The van der Waals surface area contributed by atoms with E-state index in [9.17, 15) is 14.4 Å². The Morgan fingerprint density at radius 1 is 1.13 bits per heavy atom. The minimum absolute atomic E-state index is 0.0189. The SMILES string of the molecule is N#CC(NC(=O)C1C2CC3CC(C2)CC1C3)c1ccccc1F. The molecule has 0 aromatic heterocycles. The third-order valence-electron chi connectivity index (χ3n) is 6.16. The van der Waals surface area contributed by atoms with Gasteiger partial charge in [-0.1, -0.05) is 18.2 Å². The molecule has 4 aliphatic carbocycles. The number of carbonyl (C=O) groups excluding carboxylic acids is 1. The van der Waals surface area contributed by atoms with Crippen molar-refractivity contribution in [3.63, 3.8) is 0 Å². The highest BCUT2D eigenvalue weighted by Gasteiger charge is 2.50. The zero-order chi connectivity index (χ0) is 16.0. The first-order chi connectivity index (χ1) is 11.2. The normalized spacial score (nSPS) is 35.6. The van der Waals surface area contributed by atoms with Gasteiger partial charge in [-0.3, -0.25) is 4.79 Å². The fourth-order valence-electron chi connectivity index (χ4n) is 5.48. The minimum Gasteiger partial charge on any atom is -0.336 e. The lowest BCUT2D eigenvalue weighted by molar-refractivity contribution is -0.138. The molecule has 4 bridgehead atoms. The fourth-order valence-corrected chi connectivity index (χ4v) is 5.48. The lowest BCUT2D eigenvalue weighted by atomic mass is 9.51. The van der Waals surface area contributed by atoms with Crippen molar-refractivity contribution in [2.75, 3.05) is 0 Å².